The summed E-state index contributed by atoms with van der Waals surface area (Å²) in [5.41, 5.74) is 1.36. The van der Waals surface area contributed by atoms with Gasteiger partial charge in [-0.2, -0.15) is 13.2 Å². The molecule has 0 amide bonds. The summed E-state index contributed by atoms with van der Waals surface area (Å²) in [4.78, 5) is 6.69. The highest BCUT2D eigenvalue weighted by molar-refractivity contribution is 7.80. The van der Waals surface area contributed by atoms with Crippen molar-refractivity contribution in [1.29, 1.82) is 0 Å². The maximum Gasteiger partial charge on any atom is 0.416 e. The van der Waals surface area contributed by atoms with Gasteiger partial charge in [0.1, 0.15) is 11.4 Å². The van der Waals surface area contributed by atoms with Crippen LogP contribution in [-0.4, -0.2) is 16.5 Å². The molecule has 0 atom stereocenters. The summed E-state index contributed by atoms with van der Waals surface area (Å²) in [6.45, 7) is 2.03. The van der Waals surface area contributed by atoms with Crippen molar-refractivity contribution in [2.45, 2.75) is 50.7 Å². The largest absolute Gasteiger partial charge is 0.416 e. The minimum absolute atomic E-state index is 0.372. The molecule has 0 radical (unpaired) electrons. The standard InChI is InChI=1S/C22H22F3N3S/c1-15-8-10-18(11-9-15)28-20(29)27-19(21(28)12-3-2-4-13-21)26-17-7-5-6-16(14-17)22(23,24)25/h5-11,14H,2-4,12-13H2,1H3,(H,26,27,29). The fourth-order valence-corrected chi connectivity index (χ4v) is 4.61. The van der Waals surface area contributed by atoms with Gasteiger partial charge in [0.25, 0.3) is 0 Å². The Labute approximate surface area is 173 Å². The maximum atomic E-state index is 13.1. The number of benzene rings is 2. The molecule has 152 valence electrons. The van der Waals surface area contributed by atoms with E-state index in [0.717, 1.165) is 55.5 Å². The lowest BCUT2D eigenvalue weighted by atomic mass is 9.79. The Morgan fingerprint density at radius 2 is 1.72 bits per heavy atom. The Morgan fingerprint density at radius 1 is 1.03 bits per heavy atom. The molecule has 1 heterocycles. The predicted octanol–water partition coefficient (Wildman–Crippen LogP) is 6.33. The zero-order valence-electron chi connectivity index (χ0n) is 16.1. The number of hydrogen-bond donors (Lipinski definition) is 1. The Balaban J connectivity index is 1.70. The number of amidine groups is 1. The molecule has 1 N–H and O–H groups in total. The summed E-state index contributed by atoms with van der Waals surface area (Å²) in [5.74, 6) is 0.641. The molecule has 3 nitrogen and oxygen atoms in total. The van der Waals surface area contributed by atoms with E-state index in [4.69, 9.17) is 12.2 Å². The van der Waals surface area contributed by atoms with Crippen LogP contribution in [0.1, 0.15) is 43.2 Å². The summed E-state index contributed by atoms with van der Waals surface area (Å²) in [6, 6.07) is 13.4. The van der Waals surface area contributed by atoms with E-state index in [2.05, 4.69) is 15.2 Å². The Morgan fingerprint density at radius 3 is 2.38 bits per heavy atom. The second kappa shape index (κ2) is 7.44. The number of rotatable bonds is 2. The molecule has 0 saturated heterocycles. The van der Waals surface area contributed by atoms with Crippen molar-refractivity contribution in [3.05, 3.63) is 59.7 Å². The number of nitrogens with zero attached hydrogens (tertiary/aromatic N) is 2. The van der Waals surface area contributed by atoms with Crippen LogP contribution >= 0.6 is 12.2 Å². The van der Waals surface area contributed by atoms with E-state index < -0.39 is 17.3 Å². The van der Waals surface area contributed by atoms with Crippen LogP contribution in [0.15, 0.2) is 53.5 Å². The number of anilines is 2. The first kappa shape index (κ1) is 19.9. The minimum Gasteiger partial charge on any atom is -0.342 e. The van der Waals surface area contributed by atoms with Gasteiger partial charge in [-0.05, 0) is 62.3 Å². The molecule has 2 aromatic carbocycles. The minimum atomic E-state index is -4.39. The molecule has 0 aromatic heterocycles. The highest BCUT2D eigenvalue weighted by atomic mass is 32.1. The lowest BCUT2D eigenvalue weighted by Crippen LogP contribution is -2.55. The third-order valence-electron chi connectivity index (χ3n) is 5.69. The first-order valence-corrected chi connectivity index (χ1v) is 10.1. The molecule has 1 aliphatic carbocycles. The van der Waals surface area contributed by atoms with Gasteiger partial charge in [0.05, 0.1) is 5.56 Å². The zero-order chi connectivity index (χ0) is 20.6. The van der Waals surface area contributed by atoms with Crippen molar-refractivity contribution in [2.24, 2.45) is 4.99 Å². The smallest absolute Gasteiger partial charge is 0.342 e. The predicted molar refractivity (Wildman–Crippen MR) is 115 cm³/mol. The fourth-order valence-electron chi connectivity index (χ4n) is 4.24. The van der Waals surface area contributed by atoms with Gasteiger partial charge in [0, 0.05) is 11.4 Å². The van der Waals surface area contributed by atoms with Gasteiger partial charge in [0.2, 0.25) is 5.11 Å². The van der Waals surface area contributed by atoms with E-state index in [1.165, 1.54) is 6.07 Å². The Kier molecular flexibility index (Phi) is 5.11. The van der Waals surface area contributed by atoms with Gasteiger partial charge in [-0.3, -0.25) is 0 Å². The maximum absolute atomic E-state index is 13.1. The van der Waals surface area contributed by atoms with E-state index in [0.29, 0.717) is 16.6 Å². The van der Waals surface area contributed by atoms with Crippen LogP contribution in [0.25, 0.3) is 0 Å². The molecule has 1 aliphatic heterocycles. The Hall–Kier alpha value is -2.41. The van der Waals surface area contributed by atoms with Crippen molar-refractivity contribution < 1.29 is 13.2 Å². The van der Waals surface area contributed by atoms with Crippen molar-refractivity contribution in [2.75, 3.05) is 10.2 Å². The van der Waals surface area contributed by atoms with Gasteiger partial charge < -0.3 is 10.2 Å². The van der Waals surface area contributed by atoms with Crippen LogP contribution < -0.4 is 10.2 Å². The molecule has 2 aliphatic rings. The van der Waals surface area contributed by atoms with Crippen molar-refractivity contribution in [3.63, 3.8) is 0 Å². The van der Waals surface area contributed by atoms with Gasteiger partial charge >= 0.3 is 6.18 Å². The van der Waals surface area contributed by atoms with E-state index in [-0.39, 0.29) is 0 Å². The number of aliphatic imine (C=N–C) groups is 1. The second-order valence-corrected chi connectivity index (χ2v) is 8.07. The van der Waals surface area contributed by atoms with Crippen molar-refractivity contribution >= 4 is 34.5 Å². The molecule has 1 fully saturated rings. The molecule has 0 unspecified atom stereocenters. The monoisotopic (exact) mass is 417 g/mol. The summed E-state index contributed by atoms with van der Waals surface area (Å²) < 4.78 is 39.4. The zero-order valence-corrected chi connectivity index (χ0v) is 16.9. The van der Waals surface area contributed by atoms with Crippen LogP contribution in [0.2, 0.25) is 0 Å². The Bertz CT molecular complexity index is 945. The number of halogens is 3. The lowest BCUT2D eigenvalue weighted by Gasteiger charge is -2.43. The first-order chi connectivity index (χ1) is 13.8. The lowest BCUT2D eigenvalue weighted by molar-refractivity contribution is -0.137. The second-order valence-electron chi connectivity index (χ2n) is 7.71. The third-order valence-corrected chi connectivity index (χ3v) is 5.97. The van der Waals surface area contributed by atoms with Crippen molar-refractivity contribution in [3.8, 4) is 0 Å². The summed E-state index contributed by atoms with van der Waals surface area (Å²) in [5, 5.41) is 3.63. The van der Waals surface area contributed by atoms with Crippen molar-refractivity contribution in [1.82, 2.24) is 0 Å². The number of aryl methyl sites for hydroxylation is 1. The van der Waals surface area contributed by atoms with Gasteiger partial charge in [-0.25, -0.2) is 4.99 Å². The van der Waals surface area contributed by atoms with Crippen LogP contribution in [0, 0.1) is 6.92 Å². The fraction of sp³-hybridized carbons (Fsp3) is 0.364. The number of nitrogens with one attached hydrogen (secondary N) is 1. The van der Waals surface area contributed by atoms with Crippen LogP contribution in [0.5, 0.6) is 0 Å². The molecular formula is C22H22F3N3S. The van der Waals surface area contributed by atoms with E-state index in [1.807, 2.05) is 31.2 Å². The topological polar surface area (TPSA) is 27.6 Å². The molecular weight excluding hydrogens is 395 g/mol. The SMILES string of the molecule is Cc1ccc(N2C(=S)N=C(Nc3cccc(C(F)(F)F)c3)C23CCCCC3)cc1. The van der Waals surface area contributed by atoms with E-state index in [1.54, 1.807) is 6.07 Å². The molecule has 0 bridgehead atoms. The third kappa shape index (κ3) is 3.75. The highest BCUT2D eigenvalue weighted by Gasteiger charge is 2.49. The van der Waals surface area contributed by atoms with Crippen LogP contribution in [0.3, 0.4) is 0 Å². The molecule has 2 aromatic rings. The molecule has 1 saturated carbocycles. The number of hydrogen-bond acceptors (Lipinski definition) is 2. The number of thiocarbonyl (C=S) groups is 1. The first-order valence-electron chi connectivity index (χ1n) is 9.74. The van der Waals surface area contributed by atoms with Gasteiger partial charge in [-0.1, -0.05) is 43.0 Å². The molecule has 4 rings (SSSR count). The molecule has 29 heavy (non-hydrogen) atoms. The molecule has 7 heteroatoms. The van der Waals surface area contributed by atoms with Gasteiger partial charge in [-0.15, -0.1) is 0 Å². The van der Waals surface area contributed by atoms with Gasteiger partial charge in [0.15, 0.2) is 0 Å². The summed E-state index contributed by atoms with van der Waals surface area (Å²) in [6.07, 6.45) is 0.494. The van der Waals surface area contributed by atoms with Crippen LogP contribution in [0.4, 0.5) is 24.5 Å². The number of alkyl halides is 3. The average Bonchev–Trinajstić information content (AvgIpc) is 2.93. The summed E-state index contributed by atoms with van der Waals surface area (Å²) >= 11 is 5.61. The molecule has 1 spiro atoms. The average molecular weight is 418 g/mol. The van der Waals surface area contributed by atoms with E-state index >= 15 is 0 Å². The highest BCUT2D eigenvalue weighted by Crippen LogP contribution is 2.42. The summed E-state index contributed by atoms with van der Waals surface area (Å²) in [7, 11) is 0. The van der Waals surface area contributed by atoms with E-state index in [9.17, 15) is 13.2 Å². The normalized spacial score (nSPS) is 18.8. The quantitative estimate of drug-likeness (QED) is 0.579. The van der Waals surface area contributed by atoms with Crippen LogP contribution in [-0.2, 0) is 6.18 Å².